The van der Waals surface area contributed by atoms with Crippen molar-refractivity contribution >= 4 is 23.4 Å². The average Bonchev–Trinajstić information content (AvgIpc) is 2.21. The van der Waals surface area contributed by atoms with Crippen molar-refractivity contribution < 1.29 is 9.18 Å². The third-order valence-electron chi connectivity index (χ3n) is 1.56. The molecule has 0 spiro atoms. The molecule has 0 radical (unpaired) electrons. The lowest BCUT2D eigenvalue weighted by atomic mass is 10.4. The number of aromatic nitrogens is 2. The van der Waals surface area contributed by atoms with Crippen LogP contribution in [0.25, 0.3) is 0 Å². The molecule has 1 aromatic rings. The van der Waals surface area contributed by atoms with Crippen molar-refractivity contribution in [3.05, 3.63) is 17.8 Å². The Morgan fingerprint density at radius 2 is 2.33 bits per heavy atom. The molecule has 0 aliphatic heterocycles. The van der Waals surface area contributed by atoms with Crippen molar-refractivity contribution in [3.63, 3.8) is 0 Å². The maximum absolute atomic E-state index is 13.4. The zero-order chi connectivity index (χ0) is 11.3. The van der Waals surface area contributed by atoms with Gasteiger partial charge in [0.25, 0.3) is 0 Å². The molecule has 0 aromatic carbocycles. The Morgan fingerprint density at radius 3 is 2.93 bits per heavy atom. The second-order valence-electron chi connectivity index (χ2n) is 2.60. The molecule has 0 aliphatic carbocycles. The molecular weight excluding hydrogens is 223 g/mol. The Bertz CT molecular complexity index is 360. The predicted molar refractivity (Wildman–Crippen MR) is 54.2 cm³/mol. The monoisotopic (exact) mass is 232 g/mol. The van der Waals surface area contributed by atoms with Gasteiger partial charge < -0.3 is 5.32 Å². The van der Waals surface area contributed by atoms with E-state index in [1.165, 1.54) is 0 Å². The van der Waals surface area contributed by atoms with Gasteiger partial charge in [-0.25, -0.2) is 19.2 Å². The van der Waals surface area contributed by atoms with E-state index in [0.717, 1.165) is 6.33 Å². The van der Waals surface area contributed by atoms with Gasteiger partial charge >= 0.3 is 6.03 Å². The SMILES string of the molecule is CCNC(=O)Nc1ncnc(CCl)c1F. The average molecular weight is 233 g/mol. The first-order valence-electron chi connectivity index (χ1n) is 4.29. The summed E-state index contributed by atoms with van der Waals surface area (Å²) in [4.78, 5) is 18.3. The summed E-state index contributed by atoms with van der Waals surface area (Å²) >= 11 is 5.44. The Balaban J connectivity index is 2.81. The van der Waals surface area contributed by atoms with Crippen LogP contribution in [0.15, 0.2) is 6.33 Å². The van der Waals surface area contributed by atoms with Crippen LogP contribution in [0.3, 0.4) is 0 Å². The summed E-state index contributed by atoms with van der Waals surface area (Å²) in [5, 5.41) is 4.70. The topological polar surface area (TPSA) is 66.9 Å². The Hall–Kier alpha value is -1.43. The van der Waals surface area contributed by atoms with E-state index < -0.39 is 11.8 Å². The molecular formula is C8H10ClFN4O. The summed E-state index contributed by atoms with van der Waals surface area (Å²) in [5.41, 5.74) is 0.0541. The number of anilines is 1. The molecule has 2 N–H and O–H groups in total. The van der Waals surface area contributed by atoms with E-state index >= 15 is 0 Å². The molecule has 0 saturated carbocycles. The van der Waals surface area contributed by atoms with E-state index in [1.54, 1.807) is 6.92 Å². The number of alkyl halides is 1. The minimum atomic E-state index is -0.709. The van der Waals surface area contributed by atoms with Crippen LogP contribution in [0.1, 0.15) is 12.6 Å². The summed E-state index contributed by atoms with van der Waals surface area (Å²) in [6, 6.07) is -0.518. The standard InChI is InChI=1S/C8H10ClFN4O/c1-2-11-8(15)14-7-6(10)5(3-9)12-4-13-7/h4H,2-3H2,1H3,(H2,11,12,13,14,15). The summed E-state index contributed by atoms with van der Waals surface area (Å²) in [6.07, 6.45) is 1.14. The number of rotatable bonds is 3. The largest absolute Gasteiger partial charge is 0.338 e. The zero-order valence-corrected chi connectivity index (χ0v) is 8.81. The highest BCUT2D eigenvalue weighted by molar-refractivity contribution is 6.16. The van der Waals surface area contributed by atoms with Crippen LogP contribution >= 0.6 is 11.6 Å². The second-order valence-corrected chi connectivity index (χ2v) is 2.87. The van der Waals surface area contributed by atoms with Crippen LogP contribution in [0.5, 0.6) is 0 Å². The second kappa shape index (κ2) is 5.45. The minimum Gasteiger partial charge on any atom is -0.338 e. The molecule has 0 atom stereocenters. The van der Waals surface area contributed by atoms with Gasteiger partial charge in [-0.15, -0.1) is 11.6 Å². The highest BCUT2D eigenvalue weighted by Crippen LogP contribution is 2.13. The lowest BCUT2D eigenvalue weighted by molar-refractivity contribution is 0.252. The maximum atomic E-state index is 13.4. The molecule has 1 rings (SSSR count). The smallest absolute Gasteiger partial charge is 0.320 e. The molecule has 0 fully saturated rings. The van der Waals surface area contributed by atoms with Crippen molar-refractivity contribution in [2.45, 2.75) is 12.8 Å². The van der Waals surface area contributed by atoms with Gasteiger partial charge in [0.1, 0.15) is 6.33 Å². The van der Waals surface area contributed by atoms with E-state index in [4.69, 9.17) is 11.6 Å². The maximum Gasteiger partial charge on any atom is 0.320 e. The number of carbonyl (C=O) groups is 1. The van der Waals surface area contributed by atoms with E-state index in [2.05, 4.69) is 20.6 Å². The number of hydrogen-bond donors (Lipinski definition) is 2. The quantitative estimate of drug-likeness (QED) is 0.776. The fraction of sp³-hybridized carbons (Fsp3) is 0.375. The van der Waals surface area contributed by atoms with E-state index in [9.17, 15) is 9.18 Å². The minimum absolute atomic E-state index is 0.0541. The van der Waals surface area contributed by atoms with Crippen LogP contribution < -0.4 is 10.6 Å². The Morgan fingerprint density at radius 1 is 1.60 bits per heavy atom. The number of amides is 2. The van der Waals surface area contributed by atoms with Crippen molar-refractivity contribution in [3.8, 4) is 0 Å². The summed E-state index contributed by atoms with van der Waals surface area (Å²) in [7, 11) is 0. The predicted octanol–water partition coefficient (Wildman–Crippen LogP) is 1.50. The van der Waals surface area contributed by atoms with E-state index in [-0.39, 0.29) is 17.4 Å². The lowest BCUT2D eigenvalue weighted by Crippen LogP contribution is -2.29. The normalized spacial score (nSPS) is 9.80. The molecule has 0 unspecified atom stereocenters. The first-order chi connectivity index (χ1) is 7.19. The third-order valence-corrected chi connectivity index (χ3v) is 1.81. The molecule has 82 valence electrons. The van der Waals surface area contributed by atoms with Crippen molar-refractivity contribution in [2.75, 3.05) is 11.9 Å². The summed E-state index contributed by atoms with van der Waals surface area (Å²) in [6.45, 7) is 2.20. The Labute approximate surface area is 91.1 Å². The number of nitrogens with one attached hydrogen (secondary N) is 2. The molecule has 1 heterocycles. The highest BCUT2D eigenvalue weighted by atomic mass is 35.5. The van der Waals surface area contributed by atoms with E-state index in [0.29, 0.717) is 6.54 Å². The van der Waals surface area contributed by atoms with E-state index in [1.807, 2.05) is 0 Å². The number of urea groups is 1. The first-order valence-corrected chi connectivity index (χ1v) is 4.82. The van der Waals surface area contributed by atoms with Crippen molar-refractivity contribution in [1.82, 2.24) is 15.3 Å². The first kappa shape index (κ1) is 11.6. The molecule has 15 heavy (non-hydrogen) atoms. The molecule has 7 heteroatoms. The summed E-state index contributed by atoms with van der Waals surface area (Å²) in [5.74, 6) is -0.955. The molecule has 0 bridgehead atoms. The van der Waals surface area contributed by atoms with Crippen LogP contribution in [-0.4, -0.2) is 22.5 Å². The van der Waals surface area contributed by atoms with Crippen LogP contribution in [0, 0.1) is 5.82 Å². The van der Waals surface area contributed by atoms with Gasteiger partial charge in [0.2, 0.25) is 0 Å². The van der Waals surface area contributed by atoms with Gasteiger partial charge in [-0.2, -0.15) is 0 Å². The third kappa shape index (κ3) is 3.02. The zero-order valence-electron chi connectivity index (χ0n) is 8.05. The van der Waals surface area contributed by atoms with Crippen molar-refractivity contribution in [2.24, 2.45) is 0 Å². The molecule has 1 aromatic heterocycles. The van der Waals surface area contributed by atoms with Gasteiger partial charge in [0.05, 0.1) is 11.6 Å². The number of carbonyl (C=O) groups excluding carboxylic acids is 1. The molecule has 5 nitrogen and oxygen atoms in total. The van der Waals surface area contributed by atoms with Crippen LogP contribution in [-0.2, 0) is 5.88 Å². The van der Waals surface area contributed by atoms with Gasteiger partial charge in [-0.1, -0.05) is 0 Å². The highest BCUT2D eigenvalue weighted by Gasteiger charge is 2.11. The van der Waals surface area contributed by atoms with Crippen LogP contribution in [0.2, 0.25) is 0 Å². The van der Waals surface area contributed by atoms with Gasteiger partial charge in [0, 0.05) is 6.54 Å². The fourth-order valence-corrected chi connectivity index (χ4v) is 1.09. The summed E-state index contributed by atoms with van der Waals surface area (Å²) < 4.78 is 13.4. The number of hydrogen-bond acceptors (Lipinski definition) is 3. The molecule has 0 aliphatic rings. The van der Waals surface area contributed by atoms with Gasteiger partial charge in [-0.05, 0) is 6.92 Å². The molecule has 0 saturated heterocycles. The Kier molecular flexibility index (Phi) is 4.23. The van der Waals surface area contributed by atoms with Crippen LogP contribution in [0.4, 0.5) is 15.0 Å². The fourth-order valence-electron chi connectivity index (χ4n) is 0.899. The van der Waals surface area contributed by atoms with Gasteiger partial charge in [-0.3, -0.25) is 5.32 Å². The lowest BCUT2D eigenvalue weighted by Gasteiger charge is -2.06. The number of nitrogens with zero attached hydrogens (tertiary/aromatic N) is 2. The van der Waals surface area contributed by atoms with Crippen molar-refractivity contribution in [1.29, 1.82) is 0 Å². The van der Waals surface area contributed by atoms with Gasteiger partial charge in [0.15, 0.2) is 11.6 Å². The molecule has 2 amide bonds. The number of halogens is 2.